The molecule has 6 heteroatoms. The number of rotatable bonds is 5. The smallest absolute Gasteiger partial charge is 0.255 e. The molecule has 1 aromatic carbocycles. The highest BCUT2D eigenvalue weighted by Gasteiger charge is 2.27. The first-order valence-electron chi connectivity index (χ1n) is 10.4. The largest absolute Gasteiger partial charge is 0.467 e. The summed E-state index contributed by atoms with van der Waals surface area (Å²) in [6, 6.07) is 15.1. The van der Waals surface area contributed by atoms with Crippen LogP contribution in [0.3, 0.4) is 0 Å². The third-order valence-electron chi connectivity index (χ3n) is 5.85. The van der Waals surface area contributed by atoms with Gasteiger partial charge in [-0.2, -0.15) is 0 Å². The quantitative estimate of drug-likeness (QED) is 0.702. The number of amides is 2. The molecule has 0 bridgehead atoms. The summed E-state index contributed by atoms with van der Waals surface area (Å²) >= 11 is 0. The van der Waals surface area contributed by atoms with Gasteiger partial charge in [-0.1, -0.05) is 18.2 Å². The Morgan fingerprint density at radius 2 is 1.80 bits per heavy atom. The van der Waals surface area contributed by atoms with Gasteiger partial charge in [-0.15, -0.1) is 0 Å². The maximum Gasteiger partial charge on any atom is 0.255 e. The van der Waals surface area contributed by atoms with E-state index in [9.17, 15) is 9.59 Å². The summed E-state index contributed by atoms with van der Waals surface area (Å²) in [5, 5.41) is 3.09. The van der Waals surface area contributed by atoms with Gasteiger partial charge in [-0.25, -0.2) is 0 Å². The van der Waals surface area contributed by atoms with E-state index in [0.717, 1.165) is 35.6 Å². The van der Waals surface area contributed by atoms with Crippen molar-refractivity contribution < 1.29 is 14.0 Å². The summed E-state index contributed by atoms with van der Waals surface area (Å²) < 4.78 is 7.57. The molecule has 2 aromatic heterocycles. The molecule has 156 valence electrons. The van der Waals surface area contributed by atoms with Crippen LogP contribution in [-0.4, -0.2) is 40.4 Å². The van der Waals surface area contributed by atoms with E-state index in [1.54, 1.807) is 6.26 Å². The first-order chi connectivity index (χ1) is 14.5. The molecule has 4 rings (SSSR count). The van der Waals surface area contributed by atoms with Crippen LogP contribution in [0.5, 0.6) is 0 Å². The Labute approximate surface area is 176 Å². The maximum atomic E-state index is 13.1. The number of aryl methyl sites for hydroxylation is 1. The van der Waals surface area contributed by atoms with Gasteiger partial charge in [0.05, 0.1) is 18.4 Å². The fourth-order valence-corrected chi connectivity index (χ4v) is 4.07. The number of nitrogens with one attached hydrogen (secondary N) is 1. The number of carbonyl (C=O) groups is 2. The van der Waals surface area contributed by atoms with Crippen LogP contribution in [0.2, 0.25) is 0 Å². The van der Waals surface area contributed by atoms with E-state index in [1.807, 2.05) is 67.3 Å². The number of hydrogen-bond acceptors (Lipinski definition) is 3. The van der Waals surface area contributed by atoms with E-state index in [1.165, 1.54) is 0 Å². The monoisotopic (exact) mass is 405 g/mol. The third-order valence-corrected chi connectivity index (χ3v) is 5.85. The fraction of sp³-hybridized carbons (Fsp3) is 0.333. The SMILES string of the molecule is Cc1cc(C(=O)N2CCC(NC(=O)c3ccccc3)CC2)c(C)n1Cc1ccco1. The highest BCUT2D eigenvalue weighted by molar-refractivity contribution is 5.96. The molecule has 0 spiro atoms. The highest BCUT2D eigenvalue weighted by atomic mass is 16.3. The lowest BCUT2D eigenvalue weighted by Crippen LogP contribution is -2.46. The van der Waals surface area contributed by atoms with E-state index in [4.69, 9.17) is 4.42 Å². The molecule has 1 fully saturated rings. The van der Waals surface area contributed by atoms with Crippen LogP contribution in [0.1, 0.15) is 50.7 Å². The number of carbonyl (C=O) groups excluding carboxylic acids is 2. The Morgan fingerprint density at radius 1 is 1.07 bits per heavy atom. The van der Waals surface area contributed by atoms with Crippen LogP contribution < -0.4 is 5.32 Å². The Morgan fingerprint density at radius 3 is 2.47 bits per heavy atom. The highest BCUT2D eigenvalue weighted by Crippen LogP contribution is 2.21. The second-order valence-electron chi connectivity index (χ2n) is 7.86. The molecule has 0 aliphatic carbocycles. The Bertz CT molecular complexity index is 1010. The van der Waals surface area contributed by atoms with Gasteiger partial charge in [0.1, 0.15) is 5.76 Å². The Kier molecular flexibility index (Phi) is 5.74. The summed E-state index contributed by atoms with van der Waals surface area (Å²) in [6.45, 7) is 5.89. The van der Waals surface area contributed by atoms with Crippen LogP contribution >= 0.6 is 0 Å². The average Bonchev–Trinajstić information content (AvgIpc) is 3.38. The van der Waals surface area contributed by atoms with Gasteiger partial charge in [-0.05, 0) is 57.0 Å². The van der Waals surface area contributed by atoms with Crippen LogP contribution in [0.15, 0.2) is 59.2 Å². The van der Waals surface area contributed by atoms with Crippen molar-refractivity contribution in [3.05, 3.63) is 83.1 Å². The van der Waals surface area contributed by atoms with Gasteiger partial charge in [0, 0.05) is 36.1 Å². The van der Waals surface area contributed by atoms with Gasteiger partial charge >= 0.3 is 0 Å². The number of hydrogen-bond donors (Lipinski definition) is 1. The minimum absolute atomic E-state index is 0.0538. The van der Waals surface area contributed by atoms with Crippen molar-refractivity contribution in [3.63, 3.8) is 0 Å². The molecule has 1 N–H and O–H groups in total. The van der Waals surface area contributed by atoms with Crippen molar-refractivity contribution in [2.75, 3.05) is 13.1 Å². The summed E-state index contributed by atoms with van der Waals surface area (Å²) in [4.78, 5) is 27.4. The number of benzene rings is 1. The van der Waals surface area contributed by atoms with Crippen molar-refractivity contribution in [2.45, 2.75) is 39.3 Å². The van der Waals surface area contributed by atoms with Gasteiger partial charge < -0.3 is 19.2 Å². The first-order valence-corrected chi connectivity index (χ1v) is 10.4. The Balaban J connectivity index is 1.37. The second-order valence-corrected chi connectivity index (χ2v) is 7.86. The lowest BCUT2D eigenvalue weighted by Gasteiger charge is -2.32. The standard InChI is InChI=1S/C24H27N3O3/c1-17-15-22(18(2)27(17)16-21-9-6-14-30-21)24(29)26-12-10-20(11-13-26)25-23(28)19-7-4-3-5-8-19/h3-9,14-15,20H,10-13,16H2,1-2H3,(H,25,28). The predicted molar refractivity (Wildman–Crippen MR) is 115 cm³/mol. The summed E-state index contributed by atoms with van der Waals surface area (Å²) in [5.74, 6) is 0.870. The van der Waals surface area contributed by atoms with E-state index in [-0.39, 0.29) is 17.9 Å². The fourth-order valence-electron chi connectivity index (χ4n) is 4.07. The van der Waals surface area contributed by atoms with Gasteiger partial charge in [0.2, 0.25) is 0 Å². The molecular weight excluding hydrogens is 378 g/mol. The zero-order valence-electron chi connectivity index (χ0n) is 17.4. The normalized spacial score (nSPS) is 14.7. The van der Waals surface area contributed by atoms with Gasteiger partial charge in [0.25, 0.3) is 11.8 Å². The Hall–Kier alpha value is -3.28. The van der Waals surface area contributed by atoms with Gasteiger partial charge in [-0.3, -0.25) is 9.59 Å². The van der Waals surface area contributed by atoms with Crippen molar-refractivity contribution in [1.29, 1.82) is 0 Å². The van der Waals surface area contributed by atoms with Gasteiger partial charge in [0.15, 0.2) is 0 Å². The maximum absolute atomic E-state index is 13.1. The number of aromatic nitrogens is 1. The second kappa shape index (κ2) is 8.61. The molecule has 6 nitrogen and oxygen atoms in total. The minimum Gasteiger partial charge on any atom is -0.467 e. The molecule has 0 atom stereocenters. The minimum atomic E-state index is -0.0538. The molecule has 1 aliphatic rings. The van der Waals surface area contributed by atoms with E-state index in [0.29, 0.717) is 25.2 Å². The third kappa shape index (κ3) is 4.17. The van der Waals surface area contributed by atoms with Crippen LogP contribution in [-0.2, 0) is 6.54 Å². The number of piperidine rings is 1. The molecular formula is C24H27N3O3. The average molecular weight is 405 g/mol. The van der Waals surface area contributed by atoms with E-state index >= 15 is 0 Å². The zero-order chi connectivity index (χ0) is 21.1. The molecule has 3 heterocycles. The lowest BCUT2D eigenvalue weighted by molar-refractivity contribution is 0.0697. The molecule has 2 amide bonds. The van der Waals surface area contributed by atoms with E-state index in [2.05, 4.69) is 9.88 Å². The molecule has 0 radical (unpaired) electrons. The molecule has 3 aromatic rings. The first kappa shape index (κ1) is 20.0. The summed E-state index contributed by atoms with van der Waals surface area (Å²) in [6.07, 6.45) is 3.18. The van der Waals surface area contributed by atoms with Crippen LogP contribution in [0, 0.1) is 13.8 Å². The van der Waals surface area contributed by atoms with Crippen molar-refractivity contribution in [3.8, 4) is 0 Å². The molecule has 1 aliphatic heterocycles. The molecule has 30 heavy (non-hydrogen) atoms. The van der Waals surface area contributed by atoms with Crippen molar-refractivity contribution in [2.24, 2.45) is 0 Å². The lowest BCUT2D eigenvalue weighted by atomic mass is 10.0. The van der Waals surface area contributed by atoms with Crippen molar-refractivity contribution in [1.82, 2.24) is 14.8 Å². The van der Waals surface area contributed by atoms with Crippen LogP contribution in [0.25, 0.3) is 0 Å². The number of nitrogens with zero attached hydrogens (tertiary/aromatic N) is 2. The molecule has 1 saturated heterocycles. The number of furan rings is 1. The molecule has 0 saturated carbocycles. The summed E-state index contributed by atoms with van der Waals surface area (Å²) in [7, 11) is 0. The van der Waals surface area contributed by atoms with Crippen molar-refractivity contribution >= 4 is 11.8 Å². The zero-order valence-corrected chi connectivity index (χ0v) is 17.4. The van der Waals surface area contributed by atoms with E-state index < -0.39 is 0 Å². The molecule has 0 unspecified atom stereocenters. The topological polar surface area (TPSA) is 67.5 Å². The number of likely N-dealkylation sites (tertiary alicyclic amines) is 1. The predicted octanol–water partition coefficient (Wildman–Crippen LogP) is 3.78. The summed E-state index contributed by atoms with van der Waals surface area (Å²) in [5.41, 5.74) is 3.40. The van der Waals surface area contributed by atoms with Crippen LogP contribution in [0.4, 0.5) is 0 Å².